The molecule has 0 saturated heterocycles. The van der Waals surface area contributed by atoms with Gasteiger partial charge >= 0.3 is 0 Å². The molecule has 0 N–H and O–H groups in total. The molecule has 2 unspecified atom stereocenters. The van der Waals surface area contributed by atoms with Crippen molar-refractivity contribution in [3.63, 3.8) is 0 Å². The number of benzene rings is 1. The molecule has 0 bridgehead atoms. The van der Waals surface area contributed by atoms with Crippen LogP contribution < -0.4 is 0 Å². The van der Waals surface area contributed by atoms with Gasteiger partial charge in [0.05, 0.1) is 0 Å². The van der Waals surface area contributed by atoms with Crippen LogP contribution in [0, 0.1) is 0 Å². The number of carbonyl (C=O) groups is 1. The van der Waals surface area contributed by atoms with Crippen molar-refractivity contribution < 1.29 is 4.79 Å². The normalized spacial score (nSPS) is 26.5. The van der Waals surface area contributed by atoms with Crippen LogP contribution in [0.4, 0.5) is 0 Å². The first-order valence-corrected chi connectivity index (χ1v) is 4.87. The number of rotatable bonds is 1. The molecule has 0 fully saturated rings. The zero-order valence-corrected chi connectivity index (χ0v) is 7.86. The molecule has 2 rings (SSSR count). The zero-order valence-electron chi connectivity index (χ0n) is 7.86. The minimum absolute atomic E-state index is 0.146. The highest BCUT2D eigenvalue weighted by molar-refractivity contribution is 5.64. The van der Waals surface area contributed by atoms with Gasteiger partial charge in [-0.2, -0.15) is 0 Å². The van der Waals surface area contributed by atoms with Crippen LogP contribution in [-0.2, 0) is 4.79 Å². The Morgan fingerprint density at radius 3 is 2.62 bits per heavy atom. The predicted molar refractivity (Wildman–Crippen MR) is 52.9 cm³/mol. The average molecular weight is 174 g/mol. The summed E-state index contributed by atoms with van der Waals surface area (Å²) in [5.74, 6) is 0.764. The Morgan fingerprint density at radius 1 is 1.23 bits per heavy atom. The molecule has 1 aliphatic carbocycles. The van der Waals surface area contributed by atoms with Gasteiger partial charge in [0.25, 0.3) is 0 Å². The Kier molecular flexibility index (Phi) is 2.17. The van der Waals surface area contributed by atoms with Crippen molar-refractivity contribution in [3.8, 4) is 0 Å². The van der Waals surface area contributed by atoms with Gasteiger partial charge < -0.3 is 4.79 Å². The van der Waals surface area contributed by atoms with Crippen molar-refractivity contribution in [2.24, 2.45) is 0 Å². The summed E-state index contributed by atoms with van der Waals surface area (Å²) in [5, 5.41) is 0. The van der Waals surface area contributed by atoms with Gasteiger partial charge in [0.1, 0.15) is 6.29 Å². The van der Waals surface area contributed by atoms with Gasteiger partial charge in [0.2, 0.25) is 0 Å². The van der Waals surface area contributed by atoms with Gasteiger partial charge in [-0.3, -0.25) is 0 Å². The largest absolute Gasteiger partial charge is 0.303 e. The molecule has 1 aliphatic rings. The summed E-state index contributed by atoms with van der Waals surface area (Å²) >= 11 is 0. The first kappa shape index (κ1) is 8.49. The van der Waals surface area contributed by atoms with E-state index in [0.717, 1.165) is 19.1 Å². The molecule has 68 valence electrons. The summed E-state index contributed by atoms with van der Waals surface area (Å²) < 4.78 is 0. The molecular weight excluding hydrogens is 160 g/mol. The smallest absolute Gasteiger partial charge is 0.127 e. The molecular formula is C12H14O. The third-order valence-electron chi connectivity index (χ3n) is 3.00. The summed E-state index contributed by atoms with van der Waals surface area (Å²) in [6.07, 6.45) is 3.24. The van der Waals surface area contributed by atoms with Gasteiger partial charge in [-0.25, -0.2) is 0 Å². The van der Waals surface area contributed by atoms with Gasteiger partial charge in [0, 0.05) is 5.92 Å². The first-order chi connectivity index (χ1) is 6.33. The molecule has 0 amide bonds. The Labute approximate surface area is 78.8 Å². The third kappa shape index (κ3) is 1.39. The maximum absolute atomic E-state index is 10.8. The molecule has 1 aromatic rings. The monoisotopic (exact) mass is 174 g/mol. The van der Waals surface area contributed by atoms with E-state index in [1.165, 1.54) is 11.1 Å². The van der Waals surface area contributed by atoms with E-state index in [2.05, 4.69) is 25.1 Å². The molecule has 2 atom stereocenters. The van der Waals surface area contributed by atoms with Crippen molar-refractivity contribution in [2.45, 2.75) is 31.6 Å². The molecule has 1 aromatic carbocycles. The lowest BCUT2D eigenvalue weighted by Gasteiger charge is -2.26. The average Bonchev–Trinajstić information content (AvgIpc) is 2.19. The van der Waals surface area contributed by atoms with E-state index >= 15 is 0 Å². The van der Waals surface area contributed by atoms with E-state index in [1.807, 2.05) is 6.07 Å². The second-order valence-corrected chi connectivity index (χ2v) is 3.85. The van der Waals surface area contributed by atoms with Crippen LogP contribution in [0.5, 0.6) is 0 Å². The minimum atomic E-state index is 0.146. The fourth-order valence-electron chi connectivity index (χ4n) is 2.18. The lowest BCUT2D eigenvalue weighted by molar-refractivity contribution is -0.109. The fourth-order valence-corrected chi connectivity index (χ4v) is 2.18. The van der Waals surface area contributed by atoms with Crippen molar-refractivity contribution in [1.82, 2.24) is 0 Å². The standard InChI is InChI=1S/C12H14O/c1-9-6-7-10(8-13)12-5-3-2-4-11(9)12/h2-5,8-10H,6-7H2,1H3. The van der Waals surface area contributed by atoms with E-state index in [0.29, 0.717) is 5.92 Å². The van der Waals surface area contributed by atoms with Crippen LogP contribution in [0.3, 0.4) is 0 Å². The van der Waals surface area contributed by atoms with E-state index in [-0.39, 0.29) is 5.92 Å². The topological polar surface area (TPSA) is 17.1 Å². The number of carbonyl (C=O) groups excluding carboxylic acids is 1. The van der Waals surface area contributed by atoms with Gasteiger partial charge in [-0.05, 0) is 29.9 Å². The molecule has 0 radical (unpaired) electrons. The Bertz CT molecular complexity index is 317. The van der Waals surface area contributed by atoms with Crippen LogP contribution in [0.15, 0.2) is 24.3 Å². The van der Waals surface area contributed by atoms with E-state index in [9.17, 15) is 4.79 Å². The quantitative estimate of drug-likeness (QED) is 0.598. The fraction of sp³-hybridized carbons (Fsp3) is 0.417. The highest BCUT2D eigenvalue weighted by atomic mass is 16.1. The van der Waals surface area contributed by atoms with Gasteiger partial charge in [-0.15, -0.1) is 0 Å². The second kappa shape index (κ2) is 3.33. The highest BCUT2D eigenvalue weighted by Crippen LogP contribution is 2.36. The number of hydrogen-bond acceptors (Lipinski definition) is 1. The summed E-state index contributed by atoms with van der Waals surface area (Å²) in [7, 11) is 0. The molecule has 0 spiro atoms. The Balaban J connectivity index is 2.47. The van der Waals surface area contributed by atoms with Gasteiger partial charge in [0.15, 0.2) is 0 Å². The molecule has 0 saturated carbocycles. The van der Waals surface area contributed by atoms with Crippen molar-refractivity contribution in [1.29, 1.82) is 0 Å². The molecule has 1 nitrogen and oxygen atoms in total. The molecule has 13 heavy (non-hydrogen) atoms. The Morgan fingerprint density at radius 2 is 1.92 bits per heavy atom. The van der Waals surface area contributed by atoms with Gasteiger partial charge in [-0.1, -0.05) is 31.2 Å². The predicted octanol–water partition coefficient (Wildman–Crippen LogP) is 2.87. The Hall–Kier alpha value is -1.11. The zero-order chi connectivity index (χ0) is 9.26. The second-order valence-electron chi connectivity index (χ2n) is 3.85. The summed E-state index contributed by atoms with van der Waals surface area (Å²) in [6, 6.07) is 8.32. The number of aldehydes is 1. The minimum Gasteiger partial charge on any atom is -0.303 e. The van der Waals surface area contributed by atoms with E-state index in [1.54, 1.807) is 0 Å². The summed E-state index contributed by atoms with van der Waals surface area (Å²) in [5.41, 5.74) is 2.61. The van der Waals surface area contributed by atoms with Crippen LogP contribution in [0.2, 0.25) is 0 Å². The third-order valence-corrected chi connectivity index (χ3v) is 3.00. The maximum atomic E-state index is 10.8. The number of hydrogen-bond donors (Lipinski definition) is 0. The summed E-state index contributed by atoms with van der Waals surface area (Å²) in [6.45, 7) is 2.24. The SMILES string of the molecule is CC1CCC(C=O)c2ccccc21. The summed E-state index contributed by atoms with van der Waals surface area (Å²) in [4.78, 5) is 10.8. The van der Waals surface area contributed by atoms with Crippen molar-refractivity contribution in [3.05, 3.63) is 35.4 Å². The lowest BCUT2D eigenvalue weighted by atomic mass is 9.78. The molecule has 0 aromatic heterocycles. The molecule has 1 heteroatoms. The molecule has 0 heterocycles. The van der Waals surface area contributed by atoms with Crippen LogP contribution in [0.25, 0.3) is 0 Å². The van der Waals surface area contributed by atoms with Crippen LogP contribution >= 0.6 is 0 Å². The number of fused-ring (bicyclic) bond motifs is 1. The van der Waals surface area contributed by atoms with Crippen molar-refractivity contribution in [2.75, 3.05) is 0 Å². The maximum Gasteiger partial charge on any atom is 0.127 e. The van der Waals surface area contributed by atoms with E-state index in [4.69, 9.17) is 0 Å². The molecule has 0 aliphatic heterocycles. The highest BCUT2D eigenvalue weighted by Gasteiger charge is 2.23. The van der Waals surface area contributed by atoms with Crippen LogP contribution in [-0.4, -0.2) is 6.29 Å². The van der Waals surface area contributed by atoms with Crippen molar-refractivity contribution >= 4 is 6.29 Å². The van der Waals surface area contributed by atoms with Crippen LogP contribution in [0.1, 0.15) is 42.7 Å². The van der Waals surface area contributed by atoms with E-state index < -0.39 is 0 Å². The first-order valence-electron chi connectivity index (χ1n) is 4.87. The lowest BCUT2D eigenvalue weighted by Crippen LogP contribution is -2.13.